The van der Waals surface area contributed by atoms with E-state index in [2.05, 4.69) is 0 Å². The lowest BCUT2D eigenvalue weighted by Gasteiger charge is -2.13. The number of methoxy groups -OCH3 is 1. The Balaban J connectivity index is 3.09. The van der Waals surface area contributed by atoms with Gasteiger partial charge in [0.1, 0.15) is 17.8 Å². The summed E-state index contributed by atoms with van der Waals surface area (Å²) in [6, 6.07) is 3.45. The molecule has 1 N–H and O–H groups in total. The molecule has 0 saturated heterocycles. The Labute approximate surface area is 89.7 Å². The van der Waals surface area contributed by atoms with Gasteiger partial charge in [-0.25, -0.2) is 0 Å². The molecular formula is C12H16O3. The number of phenols is 1. The number of ether oxygens (including phenoxy) is 1. The van der Waals surface area contributed by atoms with E-state index in [4.69, 9.17) is 4.74 Å². The van der Waals surface area contributed by atoms with Crippen LogP contribution >= 0.6 is 0 Å². The maximum atomic E-state index is 10.4. The first-order valence-corrected chi connectivity index (χ1v) is 4.91. The van der Waals surface area contributed by atoms with E-state index >= 15 is 0 Å². The second-order valence-corrected chi connectivity index (χ2v) is 3.68. The van der Waals surface area contributed by atoms with Crippen molar-refractivity contribution in [2.24, 2.45) is 0 Å². The summed E-state index contributed by atoms with van der Waals surface area (Å²) in [7, 11) is 1.57. The second kappa shape index (κ2) is 4.82. The average Bonchev–Trinajstić information content (AvgIpc) is 2.21. The maximum absolute atomic E-state index is 10.4. The minimum atomic E-state index is 0.0344. The monoisotopic (exact) mass is 208 g/mol. The Kier molecular flexibility index (Phi) is 3.72. The Bertz CT molecular complexity index is 358. The molecule has 0 radical (unpaired) electrons. The number of aromatic hydroxyl groups is 1. The molecule has 0 heterocycles. The summed E-state index contributed by atoms with van der Waals surface area (Å²) in [5.41, 5.74) is 1.75. The molecule has 1 rings (SSSR count). The van der Waals surface area contributed by atoms with Crippen molar-refractivity contribution in [2.75, 3.05) is 7.11 Å². The van der Waals surface area contributed by atoms with Crippen LogP contribution in [-0.2, 0) is 4.79 Å². The van der Waals surface area contributed by atoms with Gasteiger partial charge in [-0.1, -0.05) is 6.92 Å². The van der Waals surface area contributed by atoms with Crippen LogP contribution in [-0.4, -0.2) is 18.5 Å². The fourth-order valence-corrected chi connectivity index (χ4v) is 1.59. The lowest BCUT2D eigenvalue weighted by atomic mass is 9.95. The zero-order valence-electron chi connectivity index (χ0n) is 9.28. The summed E-state index contributed by atoms with van der Waals surface area (Å²) < 4.78 is 5.09. The summed E-state index contributed by atoms with van der Waals surface area (Å²) >= 11 is 0. The summed E-state index contributed by atoms with van der Waals surface area (Å²) in [6.07, 6.45) is 1.28. The molecule has 15 heavy (non-hydrogen) atoms. The van der Waals surface area contributed by atoms with Gasteiger partial charge in [-0.15, -0.1) is 0 Å². The van der Waals surface area contributed by atoms with E-state index in [0.29, 0.717) is 12.2 Å². The molecule has 0 amide bonds. The summed E-state index contributed by atoms with van der Waals surface area (Å²) in [5, 5.41) is 9.75. The van der Waals surface area contributed by atoms with E-state index in [1.165, 1.54) is 0 Å². The molecule has 1 unspecified atom stereocenters. The Hall–Kier alpha value is -1.51. The first-order valence-electron chi connectivity index (χ1n) is 4.91. The molecule has 1 aromatic rings. The van der Waals surface area contributed by atoms with E-state index < -0.39 is 0 Å². The number of hydrogen-bond donors (Lipinski definition) is 1. The normalized spacial score (nSPS) is 12.2. The highest BCUT2D eigenvalue weighted by atomic mass is 16.5. The fraction of sp³-hybridized carbons (Fsp3) is 0.417. The molecule has 0 aromatic heterocycles. The molecule has 0 aliphatic rings. The van der Waals surface area contributed by atoms with Crippen molar-refractivity contribution in [3.63, 3.8) is 0 Å². The van der Waals surface area contributed by atoms with Gasteiger partial charge < -0.3 is 14.6 Å². The molecule has 82 valence electrons. The molecular weight excluding hydrogens is 192 g/mol. The number of hydrogen-bond acceptors (Lipinski definition) is 3. The number of aryl methyl sites for hydroxylation is 1. The summed E-state index contributed by atoms with van der Waals surface area (Å²) in [6.45, 7) is 3.82. The van der Waals surface area contributed by atoms with Gasteiger partial charge in [0.05, 0.1) is 7.11 Å². The van der Waals surface area contributed by atoms with Gasteiger partial charge in [0.2, 0.25) is 0 Å². The van der Waals surface area contributed by atoms with Crippen LogP contribution < -0.4 is 4.74 Å². The van der Waals surface area contributed by atoms with Crippen molar-refractivity contribution < 1.29 is 14.6 Å². The molecule has 0 saturated carbocycles. The zero-order chi connectivity index (χ0) is 11.4. The van der Waals surface area contributed by atoms with Crippen LogP contribution in [0.3, 0.4) is 0 Å². The molecule has 3 nitrogen and oxygen atoms in total. The van der Waals surface area contributed by atoms with Crippen molar-refractivity contribution >= 4 is 6.29 Å². The van der Waals surface area contributed by atoms with Gasteiger partial charge >= 0.3 is 0 Å². The summed E-state index contributed by atoms with van der Waals surface area (Å²) in [5.74, 6) is 0.883. The average molecular weight is 208 g/mol. The van der Waals surface area contributed by atoms with Gasteiger partial charge in [0.15, 0.2) is 0 Å². The highest BCUT2D eigenvalue weighted by Gasteiger charge is 2.12. The number of rotatable bonds is 4. The Morgan fingerprint density at radius 3 is 2.73 bits per heavy atom. The largest absolute Gasteiger partial charge is 0.508 e. The molecule has 1 aromatic carbocycles. The zero-order valence-corrected chi connectivity index (χ0v) is 9.28. The maximum Gasteiger partial charge on any atom is 0.125 e. The van der Waals surface area contributed by atoms with Crippen LogP contribution in [0.15, 0.2) is 12.1 Å². The van der Waals surface area contributed by atoms with E-state index in [1.807, 2.05) is 19.9 Å². The molecule has 0 fully saturated rings. The van der Waals surface area contributed by atoms with Gasteiger partial charge in [0, 0.05) is 12.5 Å². The van der Waals surface area contributed by atoms with Crippen molar-refractivity contribution in [3.05, 3.63) is 23.3 Å². The number of benzene rings is 1. The molecule has 3 heteroatoms. The second-order valence-electron chi connectivity index (χ2n) is 3.68. The van der Waals surface area contributed by atoms with Crippen molar-refractivity contribution in [1.29, 1.82) is 0 Å². The quantitative estimate of drug-likeness (QED) is 0.773. The molecule has 1 atom stereocenters. The molecule has 0 bridgehead atoms. The third-order valence-electron chi connectivity index (χ3n) is 2.52. The van der Waals surface area contributed by atoms with Crippen LogP contribution in [0.1, 0.15) is 30.4 Å². The highest BCUT2D eigenvalue weighted by Crippen LogP contribution is 2.33. The first kappa shape index (κ1) is 11.6. The van der Waals surface area contributed by atoms with Gasteiger partial charge in [-0.2, -0.15) is 0 Å². The number of carbonyl (C=O) groups is 1. The van der Waals surface area contributed by atoms with Crippen LogP contribution in [0.2, 0.25) is 0 Å². The van der Waals surface area contributed by atoms with E-state index in [0.717, 1.165) is 17.4 Å². The Morgan fingerprint density at radius 1 is 1.53 bits per heavy atom. The first-order chi connectivity index (χ1) is 7.10. The smallest absolute Gasteiger partial charge is 0.125 e. The molecule has 0 aliphatic heterocycles. The van der Waals surface area contributed by atoms with Crippen LogP contribution in [0.4, 0.5) is 0 Å². The predicted octanol–water partition coefficient (Wildman–Crippen LogP) is 2.40. The topological polar surface area (TPSA) is 46.5 Å². The Morgan fingerprint density at radius 2 is 2.20 bits per heavy atom. The van der Waals surface area contributed by atoms with Gasteiger partial charge in [-0.05, 0) is 30.0 Å². The van der Waals surface area contributed by atoms with E-state index in [1.54, 1.807) is 13.2 Å². The van der Waals surface area contributed by atoms with E-state index in [9.17, 15) is 9.90 Å². The lowest BCUT2D eigenvalue weighted by molar-refractivity contribution is -0.108. The summed E-state index contributed by atoms with van der Waals surface area (Å²) in [4.78, 5) is 10.4. The van der Waals surface area contributed by atoms with Gasteiger partial charge in [0.25, 0.3) is 0 Å². The predicted molar refractivity (Wildman–Crippen MR) is 58.5 cm³/mol. The third kappa shape index (κ3) is 2.49. The number of aldehydes is 1. The molecule has 0 aliphatic carbocycles. The number of phenolic OH excluding ortho intramolecular Hbond substituents is 1. The van der Waals surface area contributed by atoms with E-state index in [-0.39, 0.29) is 11.7 Å². The SMILES string of the molecule is COc1cc(O)c(C(C)CC=O)cc1C. The van der Waals surface area contributed by atoms with Crippen molar-refractivity contribution in [3.8, 4) is 11.5 Å². The minimum Gasteiger partial charge on any atom is -0.508 e. The van der Waals surface area contributed by atoms with Crippen LogP contribution in [0.25, 0.3) is 0 Å². The minimum absolute atomic E-state index is 0.0344. The molecule has 0 spiro atoms. The lowest BCUT2D eigenvalue weighted by Crippen LogP contribution is -1.97. The highest BCUT2D eigenvalue weighted by molar-refractivity contribution is 5.54. The third-order valence-corrected chi connectivity index (χ3v) is 2.52. The standard InChI is InChI=1S/C12H16O3/c1-8(4-5-13)10-6-9(2)12(15-3)7-11(10)14/h5-8,14H,4H2,1-3H3. The van der Waals surface area contributed by atoms with Crippen LogP contribution in [0.5, 0.6) is 11.5 Å². The van der Waals surface area contributed by atoms with Gasteiger partial charge in [-0.3, -0.25) is 0 Å². The van der Waals surface area contributed by atoms with Crippen LogP contribution in [0, 0.1) is 6.92 Å². The fourth-order valence-electron chi connectivity index (χ4n) is 1.59. The number of carbonyl (C=O) groups excluding carboxylic acids is 1. The van der Waals surface area contributed by atoms with Crippen molar-refractivity contribution in [1.82, 2.24) is 0 Å². The van der Waals surface area contributed by atoms with Crippen molar-refractivity contribution in [2.45, 2.75) is 26.2 Å².